The number of hydrogen-bond donors (Lipinski definition) is 9. The molecule has 0 aromatic carbocycles. The van der Waals surface area contributed by atoms with Gasteiger partial charge < -0.3 is 49.0 Å². The quantitative estimate of drug-likeness (QED) is 0.0543. The highest BCUT2D eigenvalue weighted by Crippen LogP contribution is 2.08. The van der Waals surface area contributed by atoms with Crippen LogP contribution >= 0.6 is 0 Å². The third kappa shape index (κ3) is 11.2. The van der Waals surface area contributed by atoms with Crippen LogP contribution in [0.15, 0.2) is 17.5 Å². The van der Waals surface area contributed by atoms with Crippen molar-refractivity contribution in [2.24, 2.45) is 33.8 Å². The highest BCUT2D eigenvalue weighted by Gasteiger charge is 2.31. The van der Waals surface area contributed by atoms with Gasteiger partial charge in [0.1, 0.15) is 18.1 Å². The zero-order valence-electron chi connectivity index (χ0n) is 21.5. The number of carbonyl (C=O) groups excluding carboxylic acids is 4. The van der Waals surface area contributed by atoms with Gasteiger partial charge in [0.15, 0.2) is 5.96 Å². The van der Waals surface area contributed by atoms with Crippen LogP contribution in [0.3, 0.4) is 0 Å². The van der Waals surface area contributed by atoms with Crippen LogP contribution in [0.2, 0.25) is 0 Å². The fourth-order valence-corrected chi connectivity index (χ4v) is 3.32. The molecule has 16 heteroatoms. The smallest absolute Gasteiger partial charge is 0.326 e. The summed E-state index contributed by atoms with van der Waals surface area (Å²) >= 11 is 0. The Balaban J connectivity index is 3.13. The van der Waals surface area contributed by atoms with Crippen LogP contribution in [-0.2, 0) is 30.4 Å². The number of imidazole rings is 1. The minimum Gasteiger partial charge on any atom is -0.480 e. The standard InChI is InChI=1S/C22H38N10O6/c1-3-11(2)17(24)20(36)31-14(7-12-9-27-10-29-12)19(35)30-13(5-4-6-28-22(25)26)18(34)32-15(21(37)38)8-16(23)33/h9-11,13-15,17H,3-8,24H2,1-2H3,(H2,23,33)(H,27,29)(H,30,35)(H,31,36)(H,32,34)(H,37,38)(H4,25,26,28). The lowest BCUT2D eigenvalue weighted by Crippen LogP contribution is -2.58. The Hall–Kier alpha value is -4.21. The molecule has 0 aliphatic heterocycles. The van der Waals surface area contributed by atoms with E-state index in [9.17, 15) is 29.1 Å². The Bertz CT molecular complexity index is 979. The monoisotopic (exact) mass is 538 g/mol. The van der Waals surface area contributed by atoms with Crippen molar-refractivity contribution < 1.29 is 29.1 Å². The molecule has 1 rings (SSSR count). The number of hydrogen-bond acceptors (Lipinski definition) is 8. The zero-order valence-corrected chi connectivity index (χ0v) is 21.5. The van der Waals surface area contributed by atoms with E-state index >= 15 is 0 Å². The summed E-state index contributed by atoms with van der Waals surface area (Å²) in [5.74, 6) is -4.90. The summed E-state index contributed by atoms with van der Waals surface area (Å²) in [5, 5.41) is 16.7. The second-order valence-electron chi connectivity index (χ2n) is 8.83. The summed E-state index contributed by atoms with van der Waals surface area (Å²) in [6, 6.07) is -4.88. The van der Waals surface area contributed by atoms with Gasteiger partial charge in [0, 0.05) is 24.9 Å². The fraction of sp³-hybridized carbons (Fsp3) is 0.591. The minimum atomic E-state index is -1.61. The van der Waals surface area contributed by atoms with Crippen molar-refractivity contribution >= 4 is 35.6 Å². The third-order valence-corrected chi connectivity index (χ3v) is 5.77. The summed E-state index contributed by atoms with van der Waals surface area (Å²) in [5.41, 5.74) is 22.2. The van der Waals surface area contributed by atoms with Gasteiger partial charge in [0.25, 0.3) is 0 Å². The SMILES string of the molecule is CCC(C)C(N)C(=O)NC(Cc1cnc[nH]1)C(=O)NC(CCCN=C(N)N)C(=O)NC(CC(N)=O)C(=O)O. The number of aliphatic carboxylic acids is 1. The van der Waals surface area contributed by atoms with E-state index in [0.717, 1.165) is 0 Å². The van der Waals surface area contributed by atoms with Crippen molar-refractivity contribution in [2.75, 3.05) is 6.54 Å². The molecule has 1 aromatic rings. The second-order valence-corrected chi connectivity index (χ2v) is 8.83. The van der Waals surface area contributed by atoms with Gasteiger partial charge in [-0.1, -0.05) is 20.3 Å². The molecule has 4 amide bonds. The molecule has 1 heterocycles. The van der Waals surface area contributed by atoms with Crippen molar-refractivity contribution in [3.8, 4) is 0 Å². The lowest BCUT2D eigenvalue weighted by Gasteiger charge is -2.26. The number of aromatic amines is 1. The van der Waals surface area contributed by atoms with Crippen molar-refractivity contribution in [3.63, 3.8) is 0 Å². The van der Waals surface area contributed by atoms with E-state index in [1.165, 1.54) is 12.5 Å². The average molecular weight is 539 g/mol. The number of nitrogens with one attached hydrogen (secondary N) is 4. The van der Waals surface area contributed by atoms with Crippen LogP contribution in [0.1, 0.15) is 45.2 Å². The molecule has 5 atom stereocenters. The maximum atomic E-state index is 13.3. The number of carbonyl (C=O) groups is 5. The van der Waals surface area contributed by atoms with Crippen LogP contribution in [-0.4, -0.2) is 81.3 Å². The lowest BCUT2D eigenvalue weighted by molar-refractivity contribution is -0.143. The van der Waals surface area contributed by atoms with Gasteiger partial charge in [0.05, 0.1) is 18.8 Å². The molecule has 0 saturated heterocycles. The number of carboxylic acid groups (broad SMARTS) is 1. The maximum absolute atomic E-state index is 13.3. The average Bonchev–Trinajstić information content (AvgIpc) is 3.36. The van der Waals surface area contributed by atoms with Gasteiger partial charge in [0.2, 0.25) is 23.6 Å². The number of aromatic nitrogens is 2. The second kappa shape index (κ2) is 15.8. The molecule has 0 bridgehead atoms. The number of carboxylic acids is 1. The minimum absolute atomic E-state index is 0.00651. The summed E-state index contributed by atoms with van der Waals surface area (Å²) in [6.45, 7) is 3.81. The molecule has 0 fully saturated rings. The number of nitrogens with two attached hydrogens (primary N) is 4. The number of aliphatic imine (C=N–C) groups is 1. The van der Waals surface area contributed by atoms with Gasteiger partial charge in [-0.25, -0.2) is 9.78 Å². The Morgan fingerprint density at radius 3 is 2.16 bits per heavy atom. The van der Waals surface area contributed by atoms with Crippen LogP contribution < -0.4 is 38.9 Å². The Labute approximate surface area is 219 Å². The molecule has 0 saturated carbocycles. The van der Waals surface area contributed by atoms with Gasteiger partial charge in [-0.3, -0.25) is 24.2 Å². The Kier molecular flexibility index (Phi) is 13.2. The first kappa shape index (κ1) is 31.8. The predicted molar refractivity (Wildman–Crippen MR) is 137 cm³/mol. The Morgan fingerprint density at radius 2 is 1.63 bits per heavy atom. The molecule has 0 aliphatic carbocycles. The first-order valence-corrected chi connectivity index (χ1v) is 12.1. The first-order chi connectivity index (χ1) is 17.8. The molecule has 38 heavy (non-hydrogen) atoms. The van der Waals surface area contributed by atoms with Crippen molar-refractivity contribution in [1.82, 2.24) is 25.9 Å². The van der Waals surface area contributed by atoms with Crippen molar-refractivity contribution in [3.05, 3.63) is 18.2 Å². The van der Waals surface area contributed by atoms with Crippen LogP contribution in [0.5, 0.6) is 0 Å². The molecule has 1 aromatic heterocycles. The third-order valence-electron chi connectivity index (χ3n) is 5.77. The molecule has 0 spiro atoms. The molecule has 5 unspecified atom stereocenters. The van der Waals surface area contributed by atoms with Crippen molar-refractivity contribution in [2.45, 2.75) is 70.1 Å². The molecule has 13 N–H and O–H groups in total. The number of guanidine groups is 1. The van der Waals surface area contributed by atoms with E-state index in [-0.39, 0.29) is 37.7 Å². The number of amides is 4. The van der Waals surface area contributed by atoms with Gasteiger partial charge in [-0.15, -0.1) is 0 Å². The summed E-state index contributed by atoms with van der Waals surface area (Å²) < 4.78 is 0. The summed E-state index contributed by atoms with van der Waals surface area (Å²) in [4.78, 5) is 72.2. The van der Waals surface area contributed by atoms with Gasteiger partial charge in [-0.05, 0) is 18.8 Å². The topological polar surface area (TPSA) is 287 Å². The van der Waals surface area contributed by atoms with E-state index in [4.69, 9.17) is 22.9 Å². The van der Waals surface area contributed by atoms with E-state index in [1.807, 2.05) is 6.92 Å². The van der Waals surface area contributed by atoms with Gasteiger partial charge in [-0.2, -0.15) is 0 Å². The molecule has 16 nitrogen and oxygen atoms in total. The number of nitrogens with zero attached hydrogens (tertiary/aromatic N) is 2. The summed E-state index contributed by atoms with van der Waals surface area (Å²) in [6.07, 6.45) is 3.12. The lowest BCUT2D eigenvalue weighted by atomic mass is 9.98. The number of rotatable bonds is 17. The largest absolute Gasteiger partial charge is 0.480 e. The highest BCUT2D eigenvalue weighted by molar-refractivity contribution is 5.95. The first-order valence-electron chi connectivity index (χ1n) is 12.1. The Morgan fingerprint density at radius 1 is 1.03 bits per heavy atom. The number of H-pyrrole nitrogens is 1. The van der Waals surface area contributed by atoms with E-state index < -0.39 is 60.2 Å². The molecule has 0 aliphatic rings. The van der Waals surface area contributed by atoms with Crippen LogP contribution in [0.25, 0.3) is 0 Å². The fourth-order valence-electron chi connectivity index (χ4n) is 3.32. The van der Waals surface area contributed by atoms with Crippen LogP contribution in [0, 0.1) is 5.92 Å². The van der Waals surface area contributed by atoms with E-state index in [2.05, 4.69) is 30.9 Å². The molecule has 212 valence electrons. The predicted octanol–water partition coefficient (Wildman–Crippen LogP) is -3.21. The maximum Gasteiger partial charge on any atom is 0.326 e. The summed E-state index contributed by atoms with van der Waals surface area (Å²) in [7, 11) is 0. The van der Waals surface area contributed by atoms with Crippen LogP contribution in [0.4, 0.5) is 0 Å². The molecule has 0 radical (unpaired) electrons. The normalized spacial score (nSPS) is 14.7. The number of primary amides is 1. The molecular weight excluding hydrogens is 500 g/mol. The van der Waals surface area contributed by atoms with Gasteiger partial charge >= 0.3 is 5.97 Å². The van der Waals surface area contributed by atoms with E-state index in [0.29, 0.717) is 12.1 Å². The van der Waals surface area contributed by atoms with Crippen molar-refractivity contribution in [1.29, 1.82) is 0 Å². The van der Waals surface area contributed by atoms with E-state index in [1.54, 1.807) is 6.92 Å². The zero-order chi connectivity index (χ0) is 28.8. The molecular formula is C22H38N10O6. The highest BCUT2D eigenvalue weighted by atomic mass is 16.4.